The van der Waals surface area contributed by atoms with E-state index in [0.29, 0.717) is 40.1 Å². The first kappa shape index (κ1) is 25.6. The molecule has 1 fully saturated rings. The minimum atomic E-state index is -1.26. The Morgan fingerprint density at radius 1 is 1.15 bits per heavy atom. The predicted octanol–water partition coefficient (Wildman–Crippen LogP) is 6.18. The number of carbonyl (C=O) groups is 1. The fourth-order valence-electron chi connectivity index (χ4n) is 5.67. The highest BCUT2D eigenvalue weighted by Crippen LogP contribution is 2.49. The Bertz CT molecular complexity index is 1580. The van der Waals surface area contributed by atoms with Gasteiger partial charge in [0.2, 0.25) is 0 Å². The van der Waals surface area contributed by atoms with Crippen LogP contribution in [0.2, 0.25) is 5.02 Å². The van der Waals surface area contributed by atoms with Crippen molar-refractivity contribution in [1.29, 1.82) is 0 Å². The molecule has 3 aromatic carbocycles. The number of hydrogen-bond donors (Lipinski definition) is 0. The zero-order valence-corrected chi connectivity index (χ0v) is 22.8. The predicted molar refractivity (Wildman–Crippen MR) is 146 cm³/mol. The number of para-hydroxylation sites is 1. The maximum atomic E-state index is 14.7. The van der Waals surface area contributed by atoms with E-state index in [2.05, 4.69) is 11.0 Å². The van der Waals surface area contributed by atoms with E-state index < -0.39 is 11.6 Å². The lowest BCUT2D eigenvalue weighted by molar-refractivity contribution is -0.0712. The molecule has 0 radical (unpaired) electrons. The van der Waals surface area contributed by atoms with Crippen molar-refractivity contribution in [2.45, 2.75) is 38.0 Å². The Kier molecular flexibility index (Phi) is 6.47. The van der Waals surface area contributed by atoms with E-state index in [1.54, 1.807) is 25.1 Å². The fraction of sp³-hybridized carbons (Fsp3) is 0.333. The Morgan fingerprint density at radius 3 is 2.69 bits per heavy atom. The minimum Gasteiger partial charge on any atom is -0.465 e. The summed E-state index contributed by atoms with van der Waals surface area (Å²) in [7, 11) is 3.36. The summed E-state index contributed by atoms with van der Waals surface area (Å²) in [6.07, 6.45) is 1.89. The number of halogens is 2. The summed E-state index contributed by atoms with van der Waals surface area (Å²) in [6.45, 7) is 4.24. The molecule has 0 amide bonds. The highest BCUT2D eigenvalue weighted by molar-refractivity contribution is 6.30. The van der Waals surface area contributed by atoms with E-state index in [1.165, 1.54) is 13.2 Å². The molecule has 2 aliphatic rings. The van der Waals surface area contributed by atoms with Crippen LogP contribution in [0.4, 0.5) is 4.39 Å². The summed E-state index contributed by atoms with van der Waals surface area (Å²) in [4.78, 5) is 19.2. The first-order chi connectivity index (χ1) is 18.8. The van der Waals surface area contributed by atoms with Gasteiger partial charge in [0.25, 0.3) is 5.79 Å². The van der Waals surface area contributed by atoms with Gasteiger partial charge in [-0.1, -0.05) is 23.7 Å². The van der Waals surface area contributed by atoms with Crippen molar-refractivity contribution in [2.24, 2.45) is 7.05 Å². The second-order valence-corrected chi connectivity index (χ2v) is 10.7. The van der Waals surface area contributed by atoms with Crippen molar-refractivity contribution >= 4 is 28.6 Å². The smallest absolute Gasteiger partial charge is 0.337 e. The van der Waals surface area contributed by atoms with Crippen LogP contribution in [0.5, 0.6) is 11.5 Å². The van der Waals surface area contributed by atoms with Crippen molar-refractivity contribution in [3.8, 4) is 11.5 Å². The molecular weight excluding hydrogens is 521 g/mol. The van der Waals surface area contributed by atoms with Gasteiger partial charge in [0, 0.05) is 24.6 Å². The minimum absolute atomic E-state index is 0.292. The Hall–Kier alpha value is -3.62. The monoisotopic (exact) mass is 549 g/mol. The summed E-state index contributed by atoms with van der Waals surface area (Å²) in [5.74, 6) is 0.464. The lowest BCUT2D eigenvalue weighted by Gasteiger charge is -2.32. The molecule has 0 aliphatic carbocycles. The normalized spacial score (nSPS) is 19.5. The van der Waals surface area contributed by atoms with E-state index in [0.717, 1.165) is 48.4 Å². The number of nitrogens with zero attached hydrogens (tertiary/aromatic N) is 3. The highest BCUT2D eigenvalue weighted by atomic mass is 35.5. The number of likely N-dealkylation sites (tertiary alicyclic amines) is 1. The van der Waals surface area contributed by atoms with Crippen molar-refractivity contribution in [2.75, 3.05) is 20.2 Å². The molecule has 9 heteroatoms. The third-order valence-corrected chi connectivity index (χ3v) is 8.05. The topological polar surface area (TPSA) is 65.8 Å². The lowest BCUT2D eigenvalue weighted by Crippen LogP contribution is -2.34. The molecule has 202 valence electrons. The van der Waals surface area contributed by atoms with Crippen LogP contribution < -0.4 is 9.47 Å². The molecular formula is C30H29ClFN3O4. The van der Waals surface area contributed by atoms with Crippen LogP contribution in [-0.2, 0) is 24.1 Å². The Morgan fingerprint density at radius 2 is 1.95 bits per heavy atom. The van der Waals surface area contributed by atoms with Gasteiger partial charge in [0.1, 0.15) is 11.6 Å². The molecule has 3 heterocycles. The van der Waals surface area contributed by atoms with Gasteiger partial charge in [-0.05, 0) is 74.3 Å². The van der Waals surface area contributed by atoms with Crippen LogP contribution in [0.3, 0.4) is 0 Å². The molecule has 1 aromatic heterocycles. The number of carbonyl (C=O) groups excluding carboxylic acids is 1. The summed E-state index contributed by atoms with van der Waals surface area (Å²) < 4.78 is 34.1. The Labute approximate surface area is 231 Å². The second-order valence-electron chi connectivity index (χ2n) is 10.3. The average Bonchev–Trinajstić information content (AvgIpc) is 3.44. The molecule has 2 aliphatic heterocycles. The molecule has 4 aromatic rings. The fourth-order valence-corrected chi connectivity index (χ4v) is 5.82. The average molecular weight is 550 g/mol. The van der Waals surface area contributed by atoms with Gasteiger partial charge in [-0.3, -0.25) is 4.90 Å². The van der Waals surface area contributed by atoms with Crippen LogP contribution >= 0.6 is 11.6 Å². The largest absolute Gasteiger partial charge is 0.465 e. The maximum Gasteiger partial charge on any atom is 0.337 e. The number of hydrogen-bond acceptors (Lipinski definition) is 6. The zero-order valence-electron chi connectivity index (χ0n) is 22.0. The highest BCUT2D eigenvalue weighted by Gasteiger charge is 2.43. The first-order valence-corrected chi connectivity index (χ1v) is 13.4. The van der Waals surface area contributed by atoms with E-state index in [4.69, 9.17) is 30.8 Å². The molecule has 1 atom stereocenters. The van der Waals surface area contributed by atoms with Crippen molar-refractivity contribution < 1.29 is 23.4 Å². The third-order valence-electron chi connectivity index (χ3n) is 7.82. The van der Waals surface area contributed by atoms with E-state index >= 15 is 0 Å². The quantitative estimate of drug-likeness (QED) is 0.277. The number of benzene rings is 3. The molecule has 0 bridgehead atoms. The Balaban J connectivity index is 1.16. The van der Waals surface area contributed by atoms with Crippen LogP contribution in [0.25, 0.3) is 11.0 Å². The van der Waals surface area contributed by atoms with Crippen molar-refractivity contribution in [3.63, 3.8) is 0 Å². The molecule has 6 rings (SSSR count). The number of piperidine rings is 1. The maximum absolute atomic E-state index is 14.7. The number of methoxy groups -OCH3 is 1. The lowest BCUT2D eigenvalue weighted by atomic mass is 9.88. The summed E-state index contributed by atoms with van der Waals surface area (Å²) in [5.41, 5.74) is 3.66. The van der Waals surface area contributed by atoms with Crippen LogP contribution in [0, 0.1) is 5.82 Å². The molecule has 0 spiro atoms. The number of aromatic nitrogens is 2. The number of aryl methyl sites for hydroxylation is 1. The number of imidazole rings is 1. The summed E-state index contributed by atoms with van der Waals surface area (Å²) in [6, 6.07) is 15.9. The molecule has 1 unspecified atom stereocenters. The van der Waals surface area contributed by atoms with Gasteiger partial charge < -0.3 is 18.8 Å². The number of esters is 1. The van der Waals surface area contributed by atoms with Crippen LogP contribution in [0.1, 0.15) is 53.0 Å². The van der Waals surface area contributed by atoms with Gasteiger partial charge in [-0.15, -0.1) is 0 Å². The zero-order chi connectivity index (χ0) is 27.3. The van der Waals surface area contributed by atoms with Crippen LogP contribution in [0.15, 0.2) is 54.6 Å². The first-order valence-electron chi connectivity index (χ1n) is 13.0. The van der Waals surface area contributed by atoms with E-state index in [-0.39, 0.29) is 5.97 Å². The molecule has 7 nitrogen and oxygen atoms in total. The van der Waals surface area contributed by atoms with Crippen molar-refractivity contribution in [1.82, 2.24) is 14.5 Å². The second kappa shape index (κ2) is 9.84. The van der Waals surface area contributed by atoms with Gasteiger partial charge in [0.15, 0.2) is 11.5 Å². The molecule has 1 saturated heterocycles. The van der Waals surface area contributed by atoms with Crippen LogP contribution in [-0.4, -0.2) is 40.6 Å². The summed E-state index contributed by atoms with van der Waals surface area (Å²) in [5, 5.41) is 0.326. The molecule has 0 N–H and O–H groups in total. The molecule has 39 heavy (non-hydrogen) atoms. The summed E-state index contributed by atoms with van der Waals surface area (Å²) >= 11 is 5.95. The van der Waals surface area contributed by atoms with Gasteiger partial charge in [-0.2, -0.15) is 0 Å². The standard InChI is InChI=1S/C30H29ClFN3O4/c1-30(22-9-8-20(31)16-23(22)32)38-26-6-4-5-21(28(26)39-30)18-11-13-35(14-12-18)17-27-33-24-10-7-19(29(36)37-3)15-25(24)34(27)2/h4-10,15-16,18H,11-14,17H2,1-3H3. The molecule has 0 saturated carbocycles. The van der Waals surface area contributed by atoms with E-state index in [9.17, 15) is 9.18 Å². The van der Waals surface area contributed by atoms with E-state index in [1.807, 2.05) is 35.9 Å². The van der Waals surface area contributed by atoms with Gasteiger partial charge in [-0.25, -0.2) is 14.2 Å². The number of rotatable bonds is 5. The number of ether oxygens (including phenoxy) is 3. The third kappa shape index (κ3) is 4.61. The van der Waals surface area contributed by atoms with Crippen molar-refractivity contribution in [3.05, 3.63) is 88.0 Å². The van der Waals surface area contributed by atoms with Gasteiger partial charge in [0.05, 0.1) is 35.8 Å². The van der Waals surface area contributed by atoms with Gasteiger partial charge >= 0.3 is 5.97 Å². The SMILES string of the molecule is COC(=O)c1ccc2nc(CN3CCC(c4cccc5c4OC(C)(c4ccc(Cl)cc4F)O5)CC3)n(C)c2c1. The number of fused-ring (bicyclic) bond motifs is 2.